The van der Waals surface area contributed by atoms with Crippen LogP contribution in [0, 0.1) is 0 Å². The van der Waals surface area contributed by atoms with Gasteiger partial charge in [0.25, 0.3) is 0 Å². The van der Waals surface area contributed by atoms with E-state index < -0.39 is 11.8 Å². The van der Waals surface area contributed by atoms with Gasteiger partial charge in [0, 0.05) is 11.0 Å². The number of halogens is 1. The largest absolute Gasteiger partial charge is 0.344 e. The van der Waals surface area contributed by atoms with E-state index in [2.05, 4.69) is 26.6 Å². The summed E-state index contributed by atoms with van der Waals surface area (Å²) < 4.78 is 0.726. The third-order valence-corrected chi connectivity index (χ3v) is 3.32. The van der Waals surface area contributed by atoms with Crippen LogP contribution < -0.4 is 10.6 Å². The number of amides is 2. The standard InChI is InChI=1S/C15H13BrN2O2/c16-12-8-4-5-9-13(12)18-15(20)14(19)17-10-11-6-2-1-3-7-11/h1-9H,10H2,(H,17,19)(H,18,20). The van der Waals surface area contributed by atoms with Crippen molar-refractivity contribution < 1.29 is 9.59 Å². The molecule has 20 heavy (non-hydrogen) atoms. The molecule has 0 aliphatic carbocycles. The molecule has 2 N–H and O–H groups in total. The quantitative estimate of drug-likeness (QED) is 0.849. The summed E-state index contributed by atoms with van der Waals surface area (Å²) in [5, 5.41) is 5.12. The molecule has 0 aliphatic rings. The smallest absolute Gasteiger partial charge is 0.313 e. The van der Waals surface area contributed by atoms with Gasteiger partial charge < -0.3 is 10.6 Å². The molecule has 0 atom stereocenters. The second-order valence-corrected chi connectivity index (χ2v) is 4.96. The topological polar surface area (TPSA) is 58.2 Å². The molecule has 102 valence electrons. The summed E-state index contributed by atoms with van der Waals surface area (Å²) in [6, 6.07) is 16.5. The zero-order valence-corrected chi connectivity index (χ0v) is 12.2. The van der Waals surface area contributed by atoms with Gasteiger partial charge in [-0.2, -0.15) is 0 Å². The highest BCUT2D eigenvalue weighted by Gasteiger charge is 2.14. The van der Waals surface area contributed by atoms with Crippen LogP contribution in [-0.4, -0.2) is 11.8 Å². The van der Waals surface area contributed by atoms with Crippen LogP contribution in [-0.2, 0) is 16.1 Å². The Morgan fingerprint density at radius 2 is 1.55 bits per heavy atom. The van der Waals surface area contributed by atoms with E-state index in [9.17, 15) is 9.59 Å². The fourth-order valence-electron chi connectivity index (χ4n) is 1.60. The Kier molecular flexibility index (Phi) is 4.90. The monoisotopic (exact) mass is 332 g/mol. The summed E-state index contributed by atoms with van der Waals surface area (Å²) in [6.45, 7) is 0.322. The van der Waals surface area contributed by atoms with Gasteiger partial charge in [-0.05, 0) is 33.6 Å². The number of carbonyl (C=O) groups is 2. The van der Waals surface area contributed by atoms with Gasteiger partial charge in [0.15, 0.2) is 0 Å². The Morgan fingerprint density at radius 3 is 2.25 bits per heavy atom. The zero-order valence-electron chi connectivity index (χ0n) is 10.6. The third-order valence-electron chi connectivity index (χ3n) is 2.62. The summed E-state index contributed by atoms with van der Waals surface area (Å²) in [5.41, 5.74) is 1.50. The Hall–Kier alpha value is -2.14. The van der Waals surface area contributed by atoms with Gasteiger partial charge in [-0.1, -0.05) is 42.5 Å². The molecular formula is C15H13BrN2O2. The molecule has 0 aromatic heterocycles. The Morgan fingerprint density at radius 1 is 0.900 bits per heavy atom. The van der Waals surface area contributed by atoms with Crippen LogP contribution >= 0.6 is 15.9 Å². The lowest BCUT2D eigenvalue weighted by Gasteiger charge is -2.07. The summed E-state index contributed by atoms with van der Waals surface area (Å²) in [7, 11) is 0. The molecule has 0 saturated heterocycles. The lowest BCUT2D eigenvalue weighted by molar-refractivity contribution is -0.136. The predicted octanol–water partition coefficient (Wildman–Crippen LogP) is 2.70. The second kappa shape index (κ2) is 6.86. The molecule has 4 nitrogen and oxygen atoms in total. The van der Waals surface area contributed by atoms with Crippen LogP contribution in [0.4, 0.5) is 5.69 Å². The van der Waals surface area contributed by atoms with Crippen molar-refractivity contribution in [2.45, 2.75) is 6.54 Å². The minimum Gasteiger partial charge on any atom is -0.344 e. The SMILES string of the molecule is O=C(NCc1ccccc1)C(=O)Nc1ccccc1Br. The van der Waals surface area contributed by atoms with Crippen molar-refractivity contribution in [3.63, 3.8) is 0 Å². The Balaban J connectivity index is 1.90. The van der Waals surface area contributed by atoms with E-state index in [0.29, 0.717) is 12.2 Å². The van der Waals surface area contributed by atoms with Crippen molar-refractivity contribution in [3.8, 4) is 0 Å². The maximum Gasteiger partial charge on any atom is 0.313 e. The molecule has 5 heteroatoms. The van der Waals surface area contributed by atoms with Crippen molar-refractivity contribution in [1.82, 2.24) is 5.32 Å². The van der Waals surface area contributed by atoms with E-state index in [1.165, 1.54) is 0 Å². The molecule has 0 spiro atoms. The van der Waals surface area contributed by atoms with Gasteiger partial charge >= 0.3 is 11.8 Å². The van der Waals surface area contributed by atoms with Crippen molar-refractivity contribution >= 4 is 33.4 Å². The first-order valence-corrected chi connectivity index (χ1v) is 6.84. The van der Waals surface area contributed by atoms with Crippen LogP contribution in [0.2, 0.25) is 0 Å². The highest BCUT2D eigenvalue weighted by Crippen LogP contribution is 2.20. The number of rotatable bonds is 3. The molecule has 0 saturated carbocycles. The minimum absolute atomic E-state index is 0.322. The van der Waals surface area contributed by atoms with Gasteiger partial charge in [0.1, 0.15) is 0 Å². The third kappa shape index (κ3) is 3.93. The zero-order chi connectivity index (χ0) is 14.4. The molecule has 0 aliphatic heterocycles. The highest BCUT2D eigenvalue weighted by atomic mass is 79.9. The maximum absolute atomic E-state index is 11.7. The Labute approximate surface area is 125 Å². The molecule has 0 radical (unpaired) electrons. The number of benzene rings is 2. The van der Waals surface area contributed by atoms with Gasteiger partial charge in [0.2, 0.25) is 0 Å². The van der Waals surface area contributed by atoms with E-state index in [0.717, 1.165) is 10.0 Å². The minimum atomic E-state index is -0.687. The molecule has 0 fully saturated rings. The summed E-state index contributed by atoms with van der Waals surface area (Å²) in [5.74, 6) is -1.35. The Bertz CT molecular complexity index is 614. The number of hydrogen-bond acceptors (Lipinski definition) is 2. The average Bonchev–Trinajstić information content (AvgIpc) is 2.48. The average molecular weight is 333 g/mol. The molecule has 0 unspecified atom stereocenters. The van der Waals surface area contributed by atoms with Crippen molar-refractivity contribution in [3.05, 3.63) is 64.6 Å². The number of hydrogen-bond donors (Lipinski definition) is 2. The molecular weight excluding hydrogens is 320 g/mol. The van der Waals surface area contributed by atoms with E-state index in [1.807, 2.05) is 36.4 Å². The number of para-hydroxylation sites is 1. The van der Waals surface area contributed by atoms with Gasteiger partial charge in [-0.3, -0.25) is 9.59 Å². The van der Waals surface area contributed by atoms with Crippen LogP contribution in [0.15, 0.2) is 59.1 Å². The fourth-order valence-corrected chi connectivity index (χ4v) is 1.98. The van der Waals surface area contributed by atoms with Crippen molar-refractivity contribution in [2.24, 2.45) is 0 Å². The van der Waals surface area contributed by atoms with Gasteiger partial charge in [-0.15, -0.1) is 0 Å². The summed E-state index contributed by atoms with van der Waals surface area (Å²) >= 11 is 3.30. The van der Waals surface area contributed by atoms with Gasteiger partial charge in [-0.25, -0.2) is 0 Å². The summed E-state index contributed by atoms with van der Waals surface area (Å²) in [4.78, 5) is 23.4. The van der Waals surface area contributed by atoms with E-state index in [4.69, 9.17) is 0 Å². The normalized spacial score (nSPS) is 9.85. The molecule has 0 heterocycles. The molecule has 2 rings (SSSR count). The van der Waals surface area contributed by atoms with E-state index >= 15 is 0 Å². The molecule has 2 aromatic carbocycles. The van der Waals surface area contributed by atoms with Crippen LogP contribution in [0.3, 0.4) is 0 Å². The molecule has 0 bridgehead atoms. The number of anilines is 1. The first-order valence-electron chi connectivity index (χ1n) is 6.04. The van der Waals surface area contributed by atoms with Crippen LogP contribution in [0.5, 0.6) is 0 Å². The first kappa shape index (κ1) is 14.3. The number of carbonyl (C=O) groups excluding carboxylic acids is 2. The first-order chi connectivity index (χ1) is 9.66. The molecule has 2 aromatic rings. The van der Waals surface area contributed by atoms with Gasteiger partial charge in [0.05, 0.1) is 5.69 Å². The second-order valence-electron chi connectivity index (χ2n) is 4.10. The van der Waals surface area contributed by atoms with Crippen molar-refractivity contribution in [2.75, 3.05) is 5.32 Å². The lowest BCUT2D eigenvalue weighted by atomic mass is 10.2. The van der Waals surface area contributed by atoms with Crippen LogP contribution in [0.25, 0.3) is 0 Å². The van der Waals surface area contributed by atoms with Crippen molar-refractivity contribution in [1.29, 1.82) is 0 Å². The fraction of sp³-hybridized carbons (Fsp3) is 0.0667. The van der Waals surface area contributed by atoms with E-state index in [-0.39, 0.29) is 0 Å². The van der Waals surface area contributed by atoms with E-state index in [1.54, 1.807) is 18.2 Å². The number of nitrogens with one attached hydrogen (secondary N) is 2. The highest BCUT2D eigenvalue weighted by molar-refractivity contribution is 9.10. The lowest BCUT2D eigenvalue weighted by Crippen LogP contribution is -2.35. The maximum atomic E-state index is 11.7. The molecule has 2 amide bonds. The predicted molar refractivity (Wildman–Crippen MR) is 81.1 cm³/mol. The summed E-state index contributed by atoms with van der Waals surface area (Å²) in [6.07, 6.45) is 0. The van der Waals surface area contributed by atoms with Crippen LogP contribution in [0.1, 0.15) is 5.56 Å².